The minimum Gasteiger partial charge on any atom is -0.495 e. The van der Waals surface area contributed by atoms with Crippen LogP contribution < -0.4 is 20.1 Å². The Morgan fingerprint density at radius 2 is 1.85 bits per heavy atom. The third-order valence-corrected chi connectivity index (χ3v) is 5.89. The number of rotatable bonds is 7. The van der Waals surface area contributed by atoms with Crippen LogP contribution in [0.4, 0.5) is 23.1 Å². The predicted octanol–water partition coefficient (Wildman–Crippen LogP) is 5.23. The predicted molar refractivity (Wildman–Crippen MR) is 136 cm³/mol. The van der Waals surface area contributed by atoms with E-state index in [1.807, 2.05) is 50.4 Å². The van der Waals surface area contributed by atoms with Gasteiger partial charge in [0, 0.05) is 19.3 Å². The molecule has 0 saturated heterocycles. The number of H-pyrrole nitrogens is 1. The van der Waals surface area contributed by atoms with Crippen molar-refractivity contribution in [3.05, 3.63) is 59.8 Å². The van der Waals surface area contributed by atoms with Crippen LogP contribution in [-0.2, 0) is 13.0 Å². The summed E-state index contributed by atoms with van der Waals surface area (Å²) in [5.74, 6) is 2.71. The van der Waals surface area contributed by atoms with E-state index in [4.69, 9.17) is 19.4 Å². The zero-order valence-corrected chi connectivity index (χ0v) is 20.0. The highest BCUT2D eigenvalue weighted by Gasteiger charge is 2.18. The number of hydrogen-bond acceptors (Lipinski definition) is 7. The fraction of sp³-hybridized carbons (Fsp3) is 0.308. The molecule has 5 rings (SSSR count). The van der Waals surface area contributed by atoms with Crippen molar-refractivity contribution in [3.63, 3.8) is 0 Å². The van der Waals surface area contributed by atoms with Crippen molar-refractivity contribution in [3.8, 4) is 11.5 Å². The average molecular weight is 459 g/mol. The number of benzene rings is 2. The van der Waals surface area contributed by atoms with E-state index in [2.05, 4.69) is 39.7 Å². The highest BCUT2D eigenvalue weighted by atomic mass is 16.5. The van der Waals surface area contributed by atoms with Gasteiger partial charge in [-0.05, 0) is 68.8 Å². The van der Waals surface area contributed by atoms with Crippen LogP contribution in [0.25, 0.3) is 11.0 Å². The zero-order valence-electron chi connectivity index (χ0n) is 20.0. The molecule has 4 aromatic rings. The van der Waals surface area contributed by atoms with E-state index in [-0.39, 0.29) is 6.10 Å². The SMILES string of the molecule is COc1cc2c(cc1Nc1nc(Nc3ccccc3OC(C)C)c3cc[nH]c3n1)CN(C)CC2. The van der Waals surface area contributed by atoms with Crippen molar-refractivity contribution >= 4 is 34.2 Å². The molecule has 176 valence electrons. The van der Waals surface area contributed by atoms with Crippen molar-refractivity contribution < 1.29 is 9.47 Å². The molecule has 0 unspecified atom stereocenters. The van der Waals surface area contributed by atoms with E-state index >= 15 is 0 Å². The Kier molecular flexibility index (Phi) is 5.98. The second kappa shape index (κ2) is 9.23. The lowest BCUT2D eigenvalue weighted by Gasteiger charge is -2.26. The minimum atomic E-state index is 0.0633. The molecule has 0 fully saturated rings. The van der Waals surface area contributed by atoms with Crippen LogP contribution >= 0.6 is 0 Å². The molecule has 8 nitrogen and oxygen atoms in total. The van der Waals surface area contributed by atoms with Crippen LogP contribution in [0.1, 0.15) is 25.0 Å². The fourth-order valence-electron chi connectivity index (χ4n) is 4.26. The van der Waals surface area contributed by atoms with Gasteiger partial charge in [0.1, 0.15) is 23.0 Å². The van der Waals surface area contributed by atoms with Crippen LogP contribution in [0.3, 0.4) is 0 Å². The van der Waals surface area contributed by atoms with Crippen molar-refractivity contribution in [1.29, 1.82) is 0 Å². The van der Waals surface area contributed by atoms with Gasteiger partial charge in [-0.25, -0.2) is 0 Å². The first-order chi connectivity index (χ1) is 16.5. The molecule has 8 heteroatoms. The second-order valence-corrected chi connectivity index (χ2v) is 8.86. The Balaban J connectivity index is 1.51. The molecule has 0 saturated carbocycles. The quantitative estimate of drug-likeness (QED) is 0.350. The maximum absolute atomic E-state index is 5.98. The molecule has 2 aromatic carbocycles. The minimum absolute atomic E-state index is 0.0633. The maximum Gasteiger partial charge on any atom is 0.231 e. The first-order valence-electron chi connectivity index (χ1n) is 11.5. The summed E-state index contributed by atoms with van der Waals surface area (Å²) in [6, 6.07) is 14.1. The smallest absolute Gasteiger partial charge is 0.231 e. The van der Waals surface area contributed by atoms with Gasteiger partial charge in [0.15, 0.2) is 0 Å². The van der Waals surface area contributed by atoms with E-state index in [1.54, 1.807) is 7.11 Å². The topological polar surface area (TPSA) is 87.3 Å². The molecule has 1 aliphatic heterocycles. The summed E-state index contributed by atoms with van der Waals surface area (Å²) in [7, 11) is 3.83. The summed E-state index contributed by atoms with van der Waals surface area (Å²) >= 11 is 0. The number of nitrogens with one attached hydrogen (secondary N) is 3. The Morgan fingerprint density at radius 3 is 2.68 bits per heavy atom. The van der Waals surface area contributed by atoms with Crippen molar-refractivity contribution in [2.24, 2.45) is 0 Å². The number of likely N-dealkylation sites (N-methyl/N-ethyl adjacent to an activating group) is 1. The van der Waals surface area contributed by atoms with Crippen molar-refractivity contribution in [2.45, 2.75) is 32.9 Å². The van der Waals surface area contributed by atoms with Gasteiger partial charge < -0.3 is 30.0 Å². The van der Waals surface area contributed by atoms with Gasteiger partial charge in [-0.2, -0.15) is 9.97 Å². The van der Waals surface area contributed by atoms with Gasteiger partial charge in [-0.15, -0.1) is 0 Å². The maximum atomic E-state index is 5.98. The van der Waals surface area contributed by atoms with Gasteiger partial charge >= 0.3 is 0 Å². The molecule has 3 N–H and O–H groups in total. The summed E-state index contributed by atoms with van der Waals surface area (Å²) in [5.41, 5.74) is 5.04. The Hall–Kier alpha value is -3.78. The third-order valence-electron chi connectivity index (χ3n) is 5.89. The molecule has 2 aromatic heterocycles. The van der Waals surface area contributed by atoms with Crippen LogP contribution in [0.2, 0.25) is 0 Å². The van der Waals surface area contributed by atoms with Gasteiger partial charge in [0.2, 0.25) is 5.95 Å². The third kappa shape index (κ3) is 4.49. The number of fused-ring (bicyclic) bond motifs is 2. The molecule has 34 heavy (non-hydrogen) atoms. The zero-order chi connectivity index (χ0) is 23.7. The number of para-hydroxylation sites is 2. The highest BCUT2D eigenvalue weighted by Crippen LogP contribution is 2.35. The molecular weight excluding hydrogens is 428 g/mol. The number of aromatic amines is 1. The Morgan fingerprint density at radius 1 is 1.00 bits per heavy atom. The van der Waals surface area contributed by atoms with E-state index in [0.29, 0.717) is 11.8 Å². The second-order valence-electron chi connectivity index (χ2n) is 8.86. The average Bonchev–Trinajstić information content (AvgIpc) is 3.28. The van der Waals surface area contributed by atoms with E-state index in [1.165, 1.54) is 11.1 Å². The standard InChI is InChI=1S/C26H30N6O2/c1-16(2)34-22-8-6-5-7-20(22)28-25-19-9-11-27-24(19)30-26(31-25)29-21-13-18-15-32(3)12-10-17(18)14-23(21)33-4/h5-9,11,13-14,16H,10,12,15H2,1-4H3,(H3,27,28,29,30,31). The molecule has 0 bridgehead atoms. The number of anilines is 4. The van der Waals surface area contributed by atoms with Crippen molar-refractivity contribution in [1.82, 2.24) is 19.9 Å². The van der Waals surface area contributed by atoms with Gasteiger partial charge in [0.25, 0.3) is 0 Å². The first kappa shape index (κ1) is 22.0. The monoisotopic (exact) mass is 458 g/mol. The summed E-state index contributed by atoms with van der Waals surface area (Å²) in [6.07, 6.45) is 2.94. The van der Waals surface area contributed by atoms with Gasteiger partial charge in [-0.1, -0.05) is 12.1 Å². The van der Waals surface area contributed by atoms with Crippen LogP contribution in [0, 0.1) is 0 Å². The molecule has 1 aliphatic rings. The van der Waals surface area contributed by atoms with Crippen molar-refractivity contribution in [2.75, 3.05) is 31.3 Å². The van der Waals surface area contributed by atoms with E-state index < -0.39 is 0 Å². The number of hydrogen-bond donors (Lipinski definition) is 3. The molecule has 0 atom stereocenters. The molecule has 0 amide bonds. The molecular formula is C26H30N6O2. The molecule has 0 aliphatic carbocycles. The fourth-order valence-corrected chi connectivity index (χ4v) is 4.26. The first-order valence-corrected chi connectivity index (χ1v) is 11.5. The summed E-state index contributed by atoms with van der Waals surface area (Å²) in [5, 5.41) is 7.72. The summed E-state index contributed by atoms with van der Waals surface area (Å²) < 4.78 is 11.7. The van der Waals surface area contributed by atoms with Gasteiger partial charge in [-0.3, -0.25) is 0 Å². The number of methoxy groups -OCH3 is 1. The number of nitrogens with zero attached hydrogens (tertiary/aromatic N) is 3. The largest absolute Gasteiger partial charge is 0.495 e. The molecule has 3 heterocycles. The van der Waals surface area contributed by atoms with Gasteiger partial charge in [0.05, 0.1) is 30.0 Å². The summed E-state index contributed by atoms with van der Waals surface area (Å²) in [4.78, 5) is 15.0. The van der Waals surface area contributed by atoms with Crippen LogP contribution in [-0.4, -0.2) is 46.7 Å². The normalized spacial score (nSPS) is 13.7. The molecule has 0 radical (unpaired) electrons. The van der Waals surface area contributed by atoms with Crippen LogP contribution in [0.5, 0.6) is 11.5 Å². The highest BCUT2D eigenvalue weighted by molar-refractivity contribution is 5.91. The number of aromatic nitrogens is 3. The lowest BCUT2D eigenvalue weighted by atomic mass is 9.99. The Labute approximate surface area is 199 Å². The number of ether oxygens (including phenoxy) is 2. The Bertz CT molecular complexity index is 1320. The van der Waals surface area contributed by atoms with E-state index in [9.17, 15) is 0 Å². The van der Waals surface area contributed by atoms with E-state index in [0.717, 1.165) is 53.4 Å². The summed E-state index contributed by atoms with van der Waals surface area (Å²) in [6.45, 7) is 5.98. The molecule has 0 spiro atoms. The lowest BCUT2D eigenvalue weighted by molar-refractivity contribution is 0.244. The lowest BCUT2D eigenvalue weighted by Crippen LogP contribution is -2.26. The van der Waals surface area contributed by atoms with Crippen LogP contribution in [0.15, 0.2) is 48.7 Å².